The average molecular weight is 103 g/mol. The van der Waals surface area contributed by atoms with Crippen LogP contribution in [0.5, 0.6) is 0 Å². The summed E-state index contributed by atoms with van der Waals surface area (Å²) in [6.07, 6.45) is 0. The molecule has 0 aliphatic heterocycles. The molecule has 0 amide bonds. The second-order valence-electron chi connectivity index (χ2n) is 0. The van der Waals surface area contributed by atoms with Gasteiger partial charge in [0, 0.05) is 0 Å². The van der Waals surface area contributed by atoms with Crippen molar-refractivity contribution < 1.29 is 9.28 Å². The van der Waals surface area contributed by atoms with Crippen molar-refractivity contribution in [1.82, 2.24) is 0 Å². The first-order chi connectivity index (χ1) is 2.00. The molecule has 0 heterocycles. The van der Waals surface area contributed by atoms with Crippen molar-refractivity contribution in [3.63, 3.8) is 0 Å². The van der Waals surface area contributed by atoms with Crippen LogP contribution in [0.4, 0.5) is 0 Å². The second kappa shape index (κ2) is 104. The summed E-state index contributed by atoms with van der Waals surface area (Å²) in [5.41, 5.74) is 0. The molecule has 2 N–H and O–H groups in total. The molecule has 27 valence electrons. The Kier molecular flexibility index (Phi) is 353. The van der Waals surface area contributed by atoms with Gasteiger partial charge in [0.05, 0.1) is 0 Å². The van der Waals surface area contributed by atoms with Gasteiger partial charge in [-0.1, -0.05) is 0 Å². The molecule has 0 rings (SSSR count). The molecule has 2 nitrogen and oxygen atoms in total. The van der Waals surface area contributed by atoms with Gasteiger partial charge in [0.1, 0.15) is 16.3 Å². The van der Waals surface area contributed by atoms with Crippen molar-refractivity contribution in [2.45, 2.75) is 5.79 Å². The fourth-order valence-electron chi connectivity index (χ4n) is 0. The van der Waals surface area contributed by atoms with E-state index in [1.165, 1.54) is 16.2 Å². The molecule has 4 heteroatoms. The first-order valence-corrected chi connectivity index (χ1v) is 2.44. The van der Waals surface area contributed by atoms with Gasteiger partial charge in [0.2, 0.25) is 0 Å². The van der Waals surface area contributed by atoms with Gasteiger partial charge in [-0.05, 0) is 0 Å². The van der Waals surface area contributed by atoms with Crippen LogP contribution in [0.2, 0.25) is 5.79 Å². The van der Waals surface area contributed by atoms with Crippen LogP contribution in [0.3, 0.4) is 0 Å². The maximum absolute atomic E-state index is 8.17. The monoisotopic (exact) mass is 103 g/mol. The number of rotatable bonds is 0. The molecule has 0 aromatic carbocycles. The molecular weight excluding hydrogens is 98.0 g/mol. The first kappa shape index (κ1) is 17.0. The van der Waals surface area contributed by atoms with Crippen LogP contribution in [0.25, 0.3) is 0 Å². The molecule has 0 aliphatic carbocycles. The Labute approximate surface area is 47.9 Å². The molecule has 0 aromatic heterocycles. The molecule has 0 fully saturated rings. The SMILES string of the molecule is O.[CH3][Al].[O]=[Al]. The van der Waals surface area contributed by atoms with E-state index in [2.05, 4.69) is 16.3 Å². The Hall–Kier alpha value is 0.825. The Morgan fingerprint density at radius 2 is 1.20 bits per heavy atom. The van der Waals surface area contributed by atoms with Gasteiger partial charge in [-0.2, -0.15) is 0 Å². The van der Waals surface area contributed by atoms with Crippen molar-refractivity contribution in [3.05, 3.63) is 0 Å². The van der Waals surface area contributed by atoms with E-state index in [1.54, 1.807) is 0 Å². The summed E-state index contributed by atoms with van der Waals surface area (Å²) in [6, 6.07) is 0. The van der Waals surface area contributed by atoms with Crippen molar-refractivity contribution in [2.24, 2.45) is 0 Å². The summed E-state index contributed by atoms with van der Waals surface area (Å²) in [7, 11) is 0. The minimum atomic E-state index is 0. The quantitative estimate of drug-likeness (QED) is 0.358. The molecule has 0 saturated heterocycles. The molecular formula is CH5Al2O2. The van der Waals surface area contributed by atoms with E-state index in [0.717, 1.165) is 0 Å². The molecule has 5 heavy (non-hydrogen) atoms. The summed E-state index contributed by atoms with van der Waals surface area (Å²) in [4.78, 5) is 0. The summed E-state index contributed by atoms with van der Waals surface area (Å²) in [6.45, 7) is 0. The Morgan fingerprint density at radius 1 is 1.20 bits per heavy atom. The van der Waals surface area contributed by atoms with Crippen molar-refractivity contribution in [1.29, 1.82) is 0 Å². The van der Waals surface area contributed by atoms with E-state index in [9.17, 15) is 0 Å². The van der Waals surface area contributed by atoms with Gasteiger partial charge in [-0.25, -0.2) is 0 Å². The third-order valence-electron chi connectivity index (χ3n) is 0. The van der Waals surface area contributed by atoms with Crippen molar-refractivity contribution in [3.8, 4) is 0 Å². The molecule has 0 bridgehead atoms. The summed E-state index contributed by atoms with van der Waals surface area (Å²) < 4.78 is 8.17. The molecule has 0 atom stereocenters. The zero-order valence-corrected chi connectivity index (χ0v) is 5.37. The Bertz CT molecular complexity index is 7.61. The van der Waals surface area contributed by atoms with Crippen LogP contribution in [0.1, 0.15) is 0 Å². The van der Waals surface area contributed by atoms with Crippen molar-refractivity contribution >= 4 is 32.5 Å². The molecule has 0 saturated carbocycles. The molecule has 0 aromatic rings. The van der Waals surface area contributed by atoms with Gasteiger partial charge >= 0.3 is 20.0 Å². The maximum atomic E-state index is 8.17. The third kappa shape index (κ3) is 56.6. The first-order valence-electron chi connectivity index (χ1n) is 0.813. The summed E-state index contributed by atoms with van der Waals surface area (Å²) in [5.74, 6) is 1.92. The topological polar surface area (TPSA) is 48.6 Å². The van der Waals surface area contributed by atoms with Gasteiger partial charge in [0.25, 0.3) is 0 Å². The zero-order chi connectivity index (χ0) is 4.00. The Balaban J connectivity index is -0.0000000133. The van der Waals surface area contributed by atoms with Crippen LogP contribution in [0, 0.1) is 0 Å². The van der Waals surface area contributed by atoms with Crippen LogP contribution >= 0.6 is 0 Å². The zero-order valence-electron chi connectivity index (χ0n) is 3.06. The standard InChI is InChI=1S/CH3.2Al.H2O.O/h1H3;;;1H2;. The van der Waals surface area contributed by atoms with Crippen LogP contribution in [-0.2, 0) is 3.80 Å². The molecule has 0 unspecified atom stereocenters. The van der Waals surface area contributed by atoms with Crippen LogP contribution in [0.15, 0.2) is 0 Å². The second-order valence-corrected chi connectivity index (χ2v) is 0. The van der Waals surface area contributed by atoms with Gasteiger partial charge < -0.3 is 5.48 Å². The van der Waals surface area contributed by atoms with Crippen LogP contribution < -0.4 is 0 Å². The normalized spacial score (nSPS) is 1.60. The average Bonchev–Trinajstić information content (AvgIpc) is 1.50. The molecule has 0 spiro atoms. The van der Waals surface area contributed by atoms with E-state index in [0.29, 0.717) is 0 Å². The number of hydrogen-bond acceptors (Lipinski definition) is 1. The number of hydrogen-bond donors (Lipinski definition) is 0. The summed E-state index contributed by atoms with van der Waals surface area (Å²) >= 11 is 3.58. The van der Waals surface area contributed by atoms with Crippen molar-refractivity contribution in [2.75, 3.05) is 0 Å². The third-order valence-corrected chi connectivity index (χ3v) is 0. The van der Waals surface area contributed by atoms with E-state index in [4.69, 9.17) is 3.80 Å². The Morgan fingerprint density at radius 3 is 1.20 bits per heavy atom. The molecule has 3 radical (unpaired) electrons. The van der Waals surface area contributed by atoms with Crippen LogP contribution in [-0.4, -0.2) is 38.0 Å². The van der Waals surface area contributed by atoms with Gasteiger partial charge in [0.15, 0.2) is 0 Å². The summed E-state index contributed by atoms with van der Waals surface area (Å²) in [5, 5.41) is 0. The predicted octanol–water partition coefficient (Wildman–Crippen LogP) is -1.12. The van der Waals surface area contributed by atoms with E-state index >= 15 is 0 Å². The van der Waals surface area contributed by atoms with E-state index in [-0.39, 0.29) is 5.48 Å². The van der Waals surface area contributed by atoms with Gasteiger partial charge in [-0.15, -0.1) is 5.79 Å². The fraction of sp³-hybridized carbons (Fsp3) is 1.00. The van der Waals surface area contributed by atoms with E-state index in [1.807, 2.05) is 5.79 Å². The fourth-order valence-corrected chi connectivity index (χ4v) is 0. The minimum absolute atomic E-state index is 0. The van der Waals surface area contributed by atoms with Gasteiger partial charge in [-0.3, -0.25) is 0 Å². The molecule has 0 aliphatic rings. The van der Waals surface area contributed by atoms with E-state index < -0.39 is 0 Å². The predicted molar refractivity (Wildman–Crippen MR) is 21.7 cm³/mol.